The predicted molar refractivity (Wildman–Crippen MR) is 120 cm³/mol. The molecule has 0 aromatic heterocycles. The summed E-state index contributed by atoms with van der Waals surface area (Å²) in [5, 5.41) is 0. The van der Waals surface area contributed by atoms with E-state index >= 15 is 0 Å². The molecule has 0 aliphatic carbocycles. The Bertz CT molecular complexity index is 641. The second-order valence-electron chi connectivity index (χ2n) is 8.83. The van der Waals surface area contributed by atoms with Crippen LogP contribution in [0.2, 0.25) is 13.1 Å². The quantitative estimate of drug-likeness (QED) is 0.0685. The number of halogens is 5. The number of unbranched alkanes of at least 4 members (excludes halogenated alkanes) is 12. The number of hydrogen-bond donors (Lipinski definition) is 0. The molecule has 0 unspecified atom stereocenters. The molecule has 1 aromatic rings. The highest BCUT2D eigenvalue weighted by Crippen LogP contribution is 2.25. The summed E-state index contributed by atoms with van der Waals surface area (Å²) in [5.41, 5.74) is -0.966. The molecule has 186 valence electrons. The van der Waals surface area contributed by atoms with Crippen LogP contribution in [0.1, 0.15) is 96.0 Å². The second-order valence-corrected chi connectivity index (χ2v) is 12.2. The lowest BCUT2D eigenvalue weighted by atomic mass is 10.0. The third kappa shape index (κ3) is 10.7. The topological polar surface area (TPSA) is 18.5 Å². The van der Waals surface area contributed by atoms with Gasteiger partial charge in [-0.1, -0.05) is 84.0 Å². The molecule has 0 fully saturated rings. The molecule has 1 aromatic carbocycles. The average molecular weight is 483 g/mol. The van der Waals surface area contributed by atoms with Gasteiger partial charge in [0.15, 0.2) is 23.3 Å². The highest BCUT2D eigenvalue weighted by molar-refractivity contribution is 6.64. The van der Waals surface area contributed by atoms with Gasteiger partial charge >= 0.3 is 8.56 Å². The van der Waals surface area contributed by atoms with Crippen LogP contribution in [0.3, 0.4) is 0 Å². The summed E-state index contributed by atoms with van der Waals surface area (Å²) in [7, 11) is -2.76. The van der Waals surface area contributed by atoms with Crippen molar-refractivity contribution in [2.45, 2.75) is 110 Å². The van der Waals surface area contributed by atoms with Gasteiger partial charge in [0.05, 0.1) is 12.2 Å². The van der Waals surface area contributed by atoms with Gasteiger partial charge in [-0.25, -0.2) is 22.0 Å². The fourth-order valence-electron chi connectivity index (χ4n) is 3.50. The van der Waals surface area contributed by atoms with E-state index in [-0.39, 0.29) is 0 Å². The Morgan fingerprint density at radius 3 is 1.34 bits per heavy atom. The van der Waals surface area contributed by atoms with Gasteiger partial charge in [-0.05, 0) is 19.5 Å². The third-order valence-electron chi connectivity index (χ3n) is 5.56. The Hall–Kier alpha value is -0.993. The molecular weight excluding hydrogens is 443 g/mol. The SMILES string of the molecule is CCCCCCCCCCCCCCCO[Si](C)(C)OCc1c(F)c(F)c(F)c(F)c1F. The molecule has 0 bridgehead atoms. The standard InChI is InChI=1S/C24H39F5O2Si/c1-4-5-6-7-8-9-10-11-12-13-14-15-16-17-30-32(2,3)31-18-19-20(25)22(27)24(29)23(28)21(19)26/h4-18H2,1-3H3. The van der Waals surface area contributed by atoms with Crippen molar-refractivity contribution in [3.8, 4) is 0 Å². The van der Waals surface area contributed by atoms with Crippen LogP contribution >= 0.6 is 0 Å². The molecule has 0 saturated heterocycles. The van der Waals surface area contributed by atoms with Crippen molar-refractivity contribution in [2.75, 3.05) is 6.61 Å². The molecule has 0 heterocycles. The van der Waals surface area contributed by atoms with Gasteiger partial charge in [0.1, 0.15) is 0 Å². The molecule has 0 radical (unpaired) electrons. The first-order valence-electron chi connectivity index (χ1n) is 12.0. The van der Waals surface area contributed by atoms with Crippen LogP contribution in [-0.2, 0) is 15.5 Å². The smallest absolute Gasteiger partial charge is 0.332 e. The zero-order valence-electron chi connectivity index (χ0n) is 19.8. The van der Waals surface area contributed by atoms with E-state index in [4.69, 9.17) is 8.85 Å². The van der Waals surface area contributed by atoms with E-state index < -0.39 is 49.8 Å². The summed E-state index contributed by atoms with van der Waals surface area (Å²) in [6.07, 6.45) is 16.1. The fourth-order valence-corrected chi connectivity index (χ4v) is 4.71. The fraction of sp³-hybridized carbons (Fsp3) is 0.750. The van der Waals surface area contributed by atoms with E-state index in [9.17, 15) is 22.0 Å². The van der Waals surface area contributed by atoms with E-state index in [0.717, 1.165) is 19.3 Å². The lowest BCUT2D eigenvalue weighted by Gasteiger charge is -2.23. The molecule has 2 nitrogen and oxygen atoms in total. The van der Waals surface area contributed by atoms with Gasteiger partial charge in [0.2, 0.25) is 5.82 Å². The van der Waals surface area contributed by atoms with Crippen molar-refractivity contribution >= 4 is 8.56 Å². The molecule has 0 spiro atoms. The third-order valence-corrected chi connectivity index (χ3v) is 7.30. The maximum Gasteiger partial charge on any atom is 0.332 e. The van der Waals surface area contributed by atoms with Crippen molar-refractivity contribution < 1.29 is 30.8 Å². The summed E-state index contributed by atoms with van der Waals surface area (Å²) in [5.74, 6) is -9.81. The monoisotopic (exact) mass is 482 g/mol. The average Bonchev–Trinajstić information content (AvgIpc) is 2.76. The molecule has 0 amide bonds. The molecule has 0 N–H and O–H groups in total. The zero-order valence-corrected chi connectivity index (χ0v) is 20.8. The molecule has 1 rings (SSSR count). The lowest BCUT2D eigenvalue weighted by molar-refractivity contribution is 0.163. The molecule has 32 heavy (non-hydrogen) atoms. The molecule has 8 heteroatoms. The second kappa shape index (κ2) is 15.8. The summed E-state index contributed by atoms with van der Waals surface area (Å²) >= 11 is 0. The van der Waals surface area contributed by atoms with Gasteiger partial charge < -0.3 is 8.85 Å². The van der Waals surface area contributed by atoms with Crippen LogP contribution in [0.4, 0.5) is 22.0 Å². The zero-order chi connectivity index (χ0) is 24.0. The Morgan fingerprint density at radius 2 is 0.906 bits per heavy atom. The Balaban J connectivity index is 2.14. The highest BCUT2D eigenvalue weighted by atomic mass is 28.4. The van der Waals surface area contributed by atoms with E-state index in [2.05, 4.69) is 6.92 Å². The normalized spacial score (nSPS) is 12.0. The largest absolute Gasteiger partial charge is 0.395 e. The van der Waals surface area contributed by atoms with Gasteiger partial charge in [-0.2, -0.15) is 0 Å². The van der Waals surface area contributed by atoms with Crippen LogP contribution in [-0.4, -0.2) is 15.2 Å². The number of benzene rings is 1. The van der Waals surface area contributed by atoms with E-state index in [1.165, 1.54) is 64.2 Å². The molecular formula is C24H39F5O2Si. The van der Waals surface area contributed by atoms with E-state index in [1.807, 2.05) is 0 Å². The van der Waals surface area contributed by atoms with Gasteiger partial charge in [0, 0.05) is 6.61 Å². The first kappa shape index (κ1) is 29.0. The van der Waals surface area contributed by atoms with Gasteiger partial charge in [0.25, 0.3) is 0 Å². The summed E-state index contributed by atoms with van der Waals surface area (Å²) in [4.78, 5) is 0. The van der Waals surface area contributed by atoms with Crippen LogP contribution in [0.25, 0.3) is 0 Å². The van der Waals surface area contributed by atoms with Crippen LogP contribution in [0.5, 0.6) is 0 Å². The van der Waals surface area contributed by atoms with Gasteiger partial charge in [-0.15, -0.1) is 0 Å². The molecule has 0 atom stereocenters. The summed E-state index contributed by atoms with van der Waals surface area (Å²) in [6, 6.07) is 0. The molecule has 0 aliphatic heterocycles. The minimum atomic E-state index is -2.76. The lowest BCUT2D eigenvalue weighted by Crippen LogP contribution is -2.35. The number of rotatable bonds is 18. The molecule has 0 aliphatic rings. The Labute approximate surface area is 191 Å². The predicted octanol–water partition coefficient (Wildman–Crippen LogP) is 8.71. The van der Waals surface area contributed by atoms with Crippen molar-refractivity contribution in [1.82, 2.24) is 0 Å². The van der Waals surface area contributed by atoms with Crippen molar-refractivity contribution in [2.24, 2.45) is 0 Å². The van der Waals surface area contributed by atoms with Crippen molar-refractivity contribution in [3.63, 3.8) is 0 Å². The first-order chi connectivity index (χ1) is 15.2. The Morgan fingerprint density at radius 1 is 0.531 bits per heavy atom. The summed E-state index contributed by atoms with van der Waals surface area (Å²) < 4.78 is 78.3. The van der Waals surface area contributed by atoms with Gasteiger partial charge in [-0.3, -0.25) is 0 Å². The maximum atomic E-state index is 13.7. The van der Waals surface area contributed by atoms with Crippen LogP contribution in [0, 0.1) is 29.1 Å². The minimum absolute atomic E-state index is 0.452. The van der Waals surface area contributed by atoms with Crippen molar-refractivity contribution in [3.05, 3.63) is 34.6 Å². The van der Waals surface area contributed by atoms with Crippen LogP contribution in [0.15, 0.2) is 0 Å². The Kier molecular flexibility index (Phi) is 14.3. The van der Waals surface area contributed by atoms with Crippen LogP contribution < -0.4 is 0 Å². The maximum absolute atomic E-state index is 13.7. The number of hydrogen-bond acceptors (Lipinski definition) is 2. The summed E-state index contributed by atoms with van der Waals surface area (Å²) in [6.45, 7) is 5.33. The van der Waals surface area contributed by atoms with E-state index in [1.54, 1.807) is 13.1 Å². The first-order valence-corrected chi connectivity index (χ1v) is 14.8. The van der Waals surface area contributed by atoms with Crippen molar-refractivity contribution in [1.29, 1.82) is 0 Å². The molecule has 0 saturated carbocycles. The minimum Gasteiger partial charge on any atom is -0.395 e. The van der Waals surface area contributed by atoms with E-state index in [0.29, 0.717) is 6.61 Å². The highest BCUT2D eigenvalue weighted by Gasteiger charge is 2.29.